The molecule has 0 saturated carbocycles. The average molecular weight is 278 g/mol. The molecule has 1 aromatic heterocycles. The normalized spacial score (nSPS) is 16.8. The van der Waals surface area contributed by atoms with Gasteiger partial charge in [0.05, 0.1) is 4.34 Å². The smallest absolute Gasteiger partial charge is 0.0931 e. The fourth-order valence-corrected chi connectivity index (χ4v) is 3.75. The maximum atomic E-state index is 5.98. The van der Waals surface area contributed by atoms with Gasteiger partial charge in [-0.3, -0.25) is 0 Å². The zero-order valence-electron chi connectivity index (χ0n) is 10.3. The monoisotopic (exact) mass is 277 g/mol. The molecule has 1 aliphatic rings. The van der Waals surface area contributed by atoms with Gasteiger partial charge in [0.25, 0.3) is 0 Å². The van der Waals surface area contributed by atoms with E-state index < -0.39 is 0 Å². The SMILES string of the molecule is CC(NC1Cc2ccccc2C1)c1ccc(Cl)s1. The lowest BCUT2D eigenvalue weighted by Crippen LogP contribution is -2.31. The van der Waals surface area contributed by atoms with Gasteiger partial charge in [0.1, 0.15) is 0 Å². The minimum atomic E-state index is 0.377. The summed E-state index contributed by atoms with van der Waals surface area (Å²) in [5.41, 5.74) is 2.98. The lowest BCUT2D eigenvalue weighted by Gasteiger charge is -2.18. The highest BCUT2D eigenvalue weighted by atomic mass is 35.5. The number of benzene rings is 1. The fourth-order valence-electron chi connectivity index (χ4n) is 2.67. The Balaban J connectivity index is 1.66. The predicted octanol–water partition coefficient (Wildman–Crippen LogP) is 4.22. The minimum absolute atomic E-state index is 0.377. The summed E-state index contributed by atoms with van der Waals surface area (Å²) >= 11 is 7.65. The van der Waals surface area contributed by atoms with Crippen LogP contribution in [0.2, 0.25) is 4.34 Å². The highest BCUT2D eigenvalue weighted by Gasteiger charge is 2.22. The molecule has 94 valence electrons. The molecule has 0 fully saturated rings. The molecule has 1 nitrogen and oxygen atoms in total. The predicted molar refractivity (Wildman–Crippen MR) is 78.5 cm³/mol. The molecular formula is C15H16ClNS. The second-order valence-corrected chi connectivity index (χ2v) is 6.65. The van der Waals surface area contributed by atoms with Gasteiger partial charge in [-0.1, -0.05) is 35.9 Å². The van der Waals surface area contributed by atoms with Gasteiger partial charge >= 0.3 is 0 Å². The zero-order valence-corrected chi connectivity index (χ0v) is 11.9. The molecule has 3 rings (SSSR count). The topological polar surface area (TPSA) is 12.0 Å². The van der Waals surface area contributed by atoms with E-state index in [1.807, 2.05) is 6.07 Å². The summed E-state index contributed by atoms with van der Waals surface area (Å²) in [5, 5.41) is 3.71. The van der Waals surface area contributed by atoms with Crippen molar-refractivity contribution in [2.45, 2.75) is 31.8 Å². The summed E-state index contributed by atoms with van der Waals surface area (Å²) in [5.74, 6) is 0. The van der Waals surface area contributed by atoms with Crippen LogP contribution in [-0.2, 0) is 12.8 Å². The van der Waals surface area contributed by atoms with Crippen LogP contribution in [0.25, 0.3) is 0 Å². The first kappa shape index (κ1) is 12.2. The first-order chi connectivity index (χ1) is 8.72. The highest BCUT2D eigenvalue weighted by molar-refractivity contribution is 7.16. The second kappa shape index (κ2) is 5.04. The van der Waals surface area contributed by atoms with Crippen molar-refractivity contribution in [3.63, 3.8) is 0 Å². The molecule has 0 bridgehead atoms. The Morgan fingerprint density at radius 3 is 2.39 bits per heavy atom. The van der Waals surface area contributed by atoms with Gasteiger partial charge in [-0.25, -0.2) is 0 Å². The van der Waals surface area contributed by atoms with Crippen molar-refractivity contribution < 1.29 is 0 Å². The molecule has 0 aliphatic heterocycles. The summed E-state index contributed by atoms with van der Waals surface area (Å²) in [4.78, 5) is 1.32. The van der Waals surface area contributed by atoms with Gasteiger partial charge in [-0.2, -0.15) is 0 Å². The number of rotatable bonds is 3. The first-order valence-corrected chi connectivity index (χ1v) is 7.50. The molecular weight excluding hydrogens is 262 g/mol. The van der Waals surface area contributed by atoms with Crippen LogP contribution in [0.15, 0.2) is 36.4 Å². The summed E-state index contributed by atoms with van der Waals surface area (Å²) in [6.07, 6.45) is 2.28. The van der Waals surface area contributed by atoms with Crippen molar-refractivity contribution in [1.29, 1.82) is 0 Å². The standard InChI is InChI=1S/C15H16ClNS/c1-10(14-6-7-15(16)18-14)17-13-8-11-4-2-3-5-12(11)9-13/h2-7,10,13,17H,8-9H2,1H3. The van der Waals surface area contributed by atoms with Crippen LogP contribution in [-0.4, -0.2) is 6.04 Å². The molecule has 2 aromatic rings. The Morgan fingerprint density at radius 2 is 1.83 bits per heavy atom. The summed E-state index contributed by atoms with van der Waals surface area (Å²) < 4.78 is 0.869. The van der Waals surface area contributed by atoms with Crippen LogP contribution in [0, 0.1) is 0 Å². The lowest BCUT2D eigenvalue weighted by molar-refractivity contribution is 0.472. The second-order valence-electron chi connectivity index (χ2n) is 4.90. The van der Waals surface area contributed by atoms with Crippen molar-refractivity contribution in [1.82, 2.24) is 5.32 Å². The van der Waals surface area contributed by atoms with Crippen molar-refractivity contribution in [2.24, 2.45) is 0 Å². The Hall–Kier alpha value is -0.830. The maximum absolute atomic E-state index is 5.98. The van der Waals surface area contributed by atoms with Crippen LogP contribution in [0.4, 0.5) is 0 Å². The van der Waals surface area contributed by atoms with Gasteiger partial charge < -0.3 is 5.32 Å². The van der Waals surface area contributed by atoms with E-state index in [4.69, 9.17) is 11.6 Å². The molecule has 1 aliphatic carbocycles. The van der Waals surface area contributed by atoms with Gasteiger partial charge in [0, 0.05) is 17.0 Å². The molecule has 3 heteroatoms. The Labute approximate surface area is 117 Å². The fraction of sp³-hybridized carbons (Fsp3) is 0.333. The van der Waals surface area contributed by atoms with E-state index >= 15 is 0 Å². The van der Waals surface area contributed by atoms with E-state index in [0.29, 0.717) is 12.1 Å². The van der Waals surface area contributed by atoms with Crippen molar-refractivity contribution >= 4 is 22.9 Å². The summed E-state index contributed by atoms with van der Waals surface area (Å²) in [6.45, 7) is 2.21. The first-order valence-electron chi connectivity index (χ1n) is 6.30. The van der Waals surface area contributed by atoms with Gasteiger partial charge in [0.2, 0.25) is 0 Å². The van der Waals surface area contributed by atoms with E-state index in [2.05, 4.69) is 42.6 Å². The van der Waals surface area contributed by atoms with Gasteiger partial charge in [-0.15, -0.1) is 11.3 Å². The average Bonchev–Trinajstić information content (AvgIpc) is 2.94. The van der Waals surface area contributed by atoms with Crippen LogP contribution in [0.3, 0.4) is 0 Å². The van der Waals surface area contributed by atoms with Crippen LogP contribution >= 0.6 is 22.9 Å². The quantitative estimate of drug-likeness (QED) is 0.886. The molecule has 0 amide bonds. The molecule has 1 unspecified atom stereocenters. The van der Waals surface area contributed by atoms with E-state index in [1.54, 1.807) is 11.3 Å². The molecule has 1 heterocycles. The van der Waals surface area contributed by atoms with Crippen molar-refractivity contribution in [2.75, 3.05) is 0 Å². The van der Waals surface area contributed by atoms with Gasteiger partial charge in [-0.05, 0) is 43.0 Å². The number of halogens is 1. The Morgan fingerprint density at radius 1 is 1.17 bits per heavy atom. The summed E-state index contributed by atoms with van der Waals surface area (Å²) in [7, 11) is 0. The third-order valence-corrected chi connectivity index (χ3v) is 4.97. The van der Waals surface area contributed by atoms with Gasteiger partial charge in [0.15, 0.2) is 0 Å². The molecule has 1 aromatic carbocycles. The maximum Gasteiger partial charge on any atom is 0.0931 e. The third-order valence-electron chi connectivity index (χ3n) is 3.56. The molecule has 0 saturated heterocycles. The molecule has 0 spiro atoms. The molecule has 0 radical (unpaired) electrons. The van der Waals surface area contributed by atoms with Crippen LogP contribution in [0.5, 0.6) is 0 Å². The van der Waals surface area contributed by atoms with Crippen LogP contribution in [0.1, 0.15) is 29.0 Å². The zero-order chi connectivity index (χ0) is 12.5. The number of fused-ring (bicyclic) bond motifs is 1. The number of nitrogens with one attached hydrogen (secondary N) is 1. The Bertz CT molecular complexity index is 524. The molecule has 1 N–H and O–H groups in total. The number of thiophene rings is 1. The highest BCUT2D eigenvalue weighted by Crippen LogP contribution is 2.29. The summed E-state index contributed by atoms with van der Waals surface area (Å²) in [6, 6.07) is 13.8. The van der Waals surface area contributed by atoms with Crippen molar-refractivity contribution in [3.8, 4) is 0 Å². The van der Waals surface area contributed by atoms with E-state index in [-0.39, 0.29) is 0 Å². The number of hydrogen-bond donors (Lipinski definition) is 1. The lowest BCUT2D eigenvalue weighted by atomic mass is 10.1. The molecule has 18 heavy (non-hydrogen) atoms. The van der Waals surface area contributed by atoms with E-state index in [9.17, 15) is 0 Å². The minimum Gasteiger partial charge on any atom is -0.306 e. The Kier molecular flexibility index (Phi) is 3.42. The van der Waals surface area contributed by atoms with Crippen LogP contribution < -0.4 is 5.32 Å². The van der Waals surface area contributed by atoms with E-state index in [0.717, 1.165) is 17.2 Å². The van der Waals surface area contributed by atoms with Crippen molar-refractivity contribution in [3.05, 3.63) is 56.7 Å². The van der Waals surface area contributed by atoms with E-state index in [1.165, 1.54) is 16.0 Å². The number of hydrogen-bond acceptors (Lipinski definition) is 2. The third kappa shape index (κ3) is 2.46. The molecule has 1 atom stereocenters. The largest absolute Gasteiger partial charge is 0.306 e.